The van der Waals surface area contributed by atoms with Crippen molar-refractivity contribution in [1.29, 1.82) is 0 Å². The van der Waals surface area contributed by atoms with E-state index in [1.54, 1.807) is 0 Å². The molecular weight excluding hydrogens is 220 g/mol. The van der Waals surface area contributed by atoms with Crippen LogP contribution in [0.5, 0.6) is 0 Å². The molecule has 0 spiro atoms. The summed E-state index contributed by atoms with van der Waals surface area (Å²) in [6.07, 6.45) is 6.81. The van der Waals surface area contributed by atoms with Crippen molar-refractivity contribution in [1.82, 2.24) is 5.32 Å². The number of carbonyl (C=O) groups excluding carboxylic acids is 2. The molecule has 0 aromatic carbocycles. The summed E-state index contributed by atoms with van der Waals surface area (Å²) in [6.45, 7) is 0.111. The molecule has 5 nitrogen and oxygen atoms in total. The van der Waals surface area contributed by atoms with E-state index in [-0.39, 0.29) is 12.5 Å². The summed E-state index contributed by atoms with van der Waals surface area (Å²) < 4.78 is 4.83. The first-order valence-corrected chi connectivity index (χ1v) is 5.89. The van der Waals surface area contributed by atoms with Gasteiger partial charge in [0.2, 0.25) is 11.8 Å². The highest BCUT2D eigenvalue weighted by Gasteiger charge is 2.18. The van der Waals surface area contributed by atoms with Gasteiger partial charge >= 0.3 is 0 Å². The van der Waals surface area contributed by atoms with Crippen LogP contribution in [0.15, 0.2) is 11.6 Å². The van der Waals surface area contributed by atoms with Gasteiger partial charge in [-0.05, 0) is 25.7 Å². The molecule has 5 heteroatoms. The van der Waals surface area contributed by atoms with Gasteiger partial charge in [-0.2, -0.15) is 0 Å². The third kappa shape index (κ3) is 4.99. The normalized spacial score (nSPS) is 17.1. The molecule has 0 heterocycles. The number of rotatable bonds is 6. The lowest BCUT2D eigenvalue weighted by atomic mass is 9.97. The van der Waals surface area contributed by atoms with E-state index < -0.39 is 11.9 Å². The predicted molar refractivity (Wildman–Crippen MR) is 64.2 cm³/mol. The fraction of sp³-hybridized carbons (Fsp3) is 0.667. The van der Waals surface area contributed by atoms with Crippen molar-refractivity contribution in [2.75, 3.05) is 13.7 Å². The molecule has 0 radical (unpaired) electrons. The Bertz CT molecular complexity index is 313. The first-order chi connectivity index (χ1) is 8.13. The first kappa shape index (κ1) is 13.7. The zero-order chi connectivity index (χ0) is 12.7. The standard InChI is InChI=1S/C12H20N2O3/c1-17-8-10(12(13)16)14-11(15)7-9-5-3-2-4-6-9/h5,10H,2-4,6-8H2,1H3,(H2,13,16)(H,14,15). The Hall–Kier alpha value is -1.36. The van der Waals surface area contributed by atoms with E-state index in [1.165, 1.54) is 13.5 Å². The molecule has 2 amide bonds. The van der Waals surface area contributed by atoms with Gasteiger partial charge in [0.15, 0.2) is 0 Å². The number of hydrogen-bond donors (Lipinski definition) is 2. The van der Waals surface area contributed by atoms with Crippen molar-refractivity contribution in [2.24, 2.45) is 5.73 Å². The number of hydrogen-bond acceptors (Lipinski definition) is 3. The number of methoxy groups -OCH3 is 1. The highest BCUT2D eigenvalue weighted by atomic mass is 16.5. The molecule has 0 bridgehead atoms. The molecule has 96 valence electrons. The number of nitrogens with two attached hydrogens (primary N) is 1. The Morgan fingerprint density at radius 1 is 1.53 bits per heavy atom. The SMILES string of the molecule is COCC(NC(=O)CC1=CCCCC1)C(N)=O. The van der Waals surface area contributed by atoms with Gasteiger partial charge in [0.05, 0.1) is 6.61 Å². The molecule has 1 unspecified atom stereocenters. The Morgan fingerprint density at radius 3 is 2.82 bits per heavy atom. The molecule has 1 aliphatic carbocycles. The molecule has 0 saturated heterocycles. The summed E-state index contributed by atoms with van der Waals surface area (Å²) in [5, 5.41) is 2.59. The molecule has 0 fully saturated rings. The molecular formula is C12H20N2O3. The second-order valence-electron chi connectivity index (χ2n) is 4.26. The number of amides is 2. The molecule has 1 atom stereocenters. The fourth-order valence-electron chi connectivity index (χ4n) is 1.88. The molecule has 1 aliphatic rings. The lowest BCUT2D eigenvalue weighted by molar-refractivity contribution is -0.128. The summed E-state index contributed by atoms with van der Waals surface area (Å²) in [6, 6.07) is -0.739. The average molecular weight is 240 g/mol. The van der Waals surface area contributed by atoms with Crippen LogP contribution < -0.4 is 11.1 Å². The predicted octanol–water partition coefficient (Wildman–Crippen LogP) is 0.493. The molecule has 17 heavy (non-hydrogen) atoms. The van der Waals surface area contributed by atoms with Crippen molar-refractivity contribution in [3.8, 4) is 0 Å². The zero-order valence-electron chi connectivity index (χ0n) is 10.2. The van der Waals surface area contributed by atoms with E-state index in [9.17, 15) is 9.59 Å². The summed E-state index contributed by atoms with van der Waals surface area (Å²) in [5.74, 6) is -0.739. The minimum atomic E-state index is -0.739. The van der Waals surface area contributed by atoms with Crippen molar-refractivity contribution in [2.45, 2.75) is 38.1 Å². The maximum atomic E-state index is 11.7. The summed E-state index contributed by atoms with van der Waals surface area (Å²) in [7, 11) is 1.46. The van der Waals surface area contributed by atoms with Crippen LogP contribution in [-0.2, 0) is 14.3 Å². The van der Waals surface area contributed by atoms with E-state index in [0.29, 0.717) is 6.42 Å². The lowest BCUT2D eigenvalue weighted by Gasteiger charge is -2.16. The third-order valence-electron chi connectivity index (χ3n) is 2.78. The lowest BCUT2D eigenvalue weighted by Crippen LogP contribution is -2.47. The summed E-state index contributed by atoms with van der Waals surface area (Å²) in [5.41, 5.74) is 6.30. The largest absolute Gasteiger partial charge is 0.382 e. The first-order valence-electron chi connectivity index (χ1n) is 5.89. The average Bonchev–Trinajstić information content (AvgIpc) is 2.29. The zero-order valence-corrected chi connectivity index (χ0v) is 10.2. The van der Waals surface area contributed by atoms with E-state index in [2.05, 4.69) is 11.4 Å². The van der Waals surface area contributed by atoms with Crippen LogP contribution in [0.4, 0.5) is 0 Å². The number of carbonyl (C=O) groups is 2. The van der Waals surface area contributed by atoms with Crippen molar-refractivity contribution >= 4 is 11.8 Å². The van der Waals surface area contributed by atoms with E-state index in [4.69, 9.17) is 10.5 Å². The van der Waals surface area contributed by atoms with Crippen LogP contribution >= 0.6 is 0 Å². The Balaban J connectivity index is 2.41. The van der Waals surface area contributed by atoms with Gasteiger partial charge in [-0.15, -0.1) is 0 Å². The van der Waals surface area contributed by atoms with E-state index in [1.807, 2.05) is 0 Å². The smallest absolute Gasteiger partial charge is 0.242 e. The van der Waals surface area contributed by atoms with Gasteiger partial charge < -0.3 is 15.8 Å². The molecule has 0 aliphatic heterocycles. The minimum Gasteiger partial charge on any atom is -0.382 e. The van der Waals surface area contributed by atoms with Gasteiger partial charge in [-0.25, -0.2) is 0 Å². The number of allylic oxidation sites excluding steroid dienone is 1. The molecule has 3 N–H and O–H groups in total. The fourth-order valence-corrected chi connectivity index (χ4v) is 1.88. The second-order valence-corrected chi connectivity index (χ2v) is 4.26. The van der Waals surface area contributed by atoms with Crippen molar-refractivity contribution in [3.05, 3.63) is 11.6 Å². The maximum absolute atomic E-state index is 11.7. The molecule has 0 saturated carbocycles. The quantitative estimate of drug-likeness (QED) is 0.663. The monoisotopic (exact) mass is 240 g/mol. The van der Waals surface area contributed by atoms with Gasteiger partial charge in [-0.1, -0.05) is 11.6 Å². The van der Waals surface area contributed by atoms with E-state index in [0.717, 1.165) is 24.8 Å². The summed E-state index contributed by atoms with van der Waals surface area (Å²) in [4.78, 5) is 22.7. The second kappa shape index (κ2) is 7.06. The van der Waals surface area contributed by atoms with Crippen LogP contribution in [0.1, 0.15) is 32.1 Å². The van der Waals surface area contributed by atoms with Crippen molar-refractivity contribution in [3.63, 3.8) is 0 Å². The number of primary amides is 1. The van der Waals surface area contributed by atoms with Gasteiger partial charge in [0.25, 0.3) is 0 Å². The van der Waals surface area contributed by atoms with Crippen LogP contribution in [-0.4, -0.2) is 31.6 Å². The number of ether oxygens (including phenoxy) is 1. The molecule has 1 rings (SSSR count). The minimum absolute atomic E-state index is 0.111. The highest BCUT2D eigenvalue weighted by Crippen LogP contribution is 2.19. The van der Waals surface area contributed by atoms with E-state index >= 15 is 0 Å². The van der Waals surface area contributed by atoms with Gasteiger partial charge in [0.1, 0.15) is 6.04 Å². The van der Waals surface area contributed by atoms with Crippen LogP contribution in [0.3, 0.4) is 0 Å². The Labute approximate surface area is 101 Å². The molecule has 0 aromatic heterocycles. The Kier molecular flexibility index (Phi) is 5.69. The maximum Gasteiger partial charge on any atom is 0.242 e. The highest BCUT2D eigenvalue weighted by molar-refractivity contribution is 5.87. The van der Waals surface area contributed by atoms with Crippen molar-refractivity contribution < 1.29 is 14.3 Å². The summed E-state index contributed by atoms with van der Waals surface area (Å²) >= 11 is 0. The third-order valence-corrected chi connectivity index (χ3v) is 2.78. The Morgan fingerprint density at radius 2 is 2.29 bits per heavy atom. The van der Waals surface area contributed by atoms with Crippen LogP contribution in [0.25, 0.3) is 0 Å². The van der Waals surface area contributed by atoms with Crippen LogP contribution in [0.2, 0.25) is 0 Å². The topological polar surface area (TPSA) is 81.4 Å². The number of nitrogens with one attached hydrogen (secondary N) is 1. The molecule has 0 aromatic rings. The van der Waals surface area contributed by atoms with Crippen LogP contribution in [0, 0.1) is 0 Å². The van der Waals surface area contributed by atoms with Gasteiger partial charge in [0, 0.05) is 13.5 Å². The van der Waals surface area contributed by atoms with Gasteiger partial charge in [-0.3, -0.25) is 9.59 Å².